The Hall–Kier alpha value is -1.06. The first-order valence-electron chi connectivity index (χ1n) is 8.27. The fourth-order valence-corrected chi connectivity index (χ4v) is 4.33. The normalized spacial score (nSPS) is 31.9. The van der Waals surface area contributed by atoms with Gasteiger partial charge >= 0.3 is 0 Å². The molecule has 0 aliphatic heterocycles. The quantitative estimate of drug-likeness (QED) is 0.875. The lowest BCUT2D eigenvalue weighted by Crippen LogP contribution is -2.49. The van der Waals surface area contributed by atoms with Gasteiger partial charge in [0.25, 0.3) is 0 Å². The second-order valence-electron chi connectivity index (χ2n) is 6.73. The van der Waals surface area contributed by atoms with Crippen molar-refractivity contribution in [3.8, 4) is 5.75 Å². The van der Waals surface area contributed by atoms with Crippen molar-refractivity contribution in [2.75, 3.05) is 13.7 Å². The molecular weight excluding hydrogens is 262 g/mol. The van der Waals surface area contributed by atoms with Crippen LogP contribution in [0.1, 0.15) is 37.7 Å². The molecule has 4 atom stereocenters. The Balaban J connectivity index is 1.61. The monoisotopic (exact) mass is 289 g/mol. The smallest absolute Gasteiger partial charge is 0.118 e. The third kappa shape index (κ3) is 3.41. The van der Waals surface area contributed by atoms with E-state index in [2.05, 4.69) is 17.4 Å². The minimum absolute atomic E-state index is 0.327. The number of rotatable bonds is 5. The molecule has 1 aromatic rings. The lowest BCUT2D eigenvalue weighted by atomic mass is 9.65. The summed E-state index contributed by atoms with van der Waals surface area (Å²) in [7, 11) is 1.70. The SMILES string of the molecule is COc1ccc(CN[C@H]2C(CO)CC3CCCC2C3)cc1. The molecule has 21 heavy (non-hydrogen) atoms. The van der Waals surface area contributed by atoms with Crippen molar-refractivity contribution in [2.24, 2.45) is 17.8 Å². The summed E-state index contributed by atoms with van der Waals surface area (Å²) in [5, 5.41) is 13.5. The molecule has 0 amide bonds. The van der Waals surface area contributed by atoms with E-state index in [0.29, 0.717) is 18.6 Å². The lowest BCUT2D eigenvalue weighted by Gasteiger charge is -2.45. The van der Waals surface area contributed by atoms with Crippen LogP contribution in [0, 0.1) is 17.8 Å². The van der Waals surface area contributed by atoms with E-state index in [1.165, 1.54) is 37.7 Å². The molecule has 3 heteroatoms. The van der Waals surface area contributed by atoms with Crippen LogP contribution in [0.15, 0.2) is 24.3 Å². The van der Waals surface area contributed by atoms with Gasteiger partial charge in [0.05, 0.1) is 7.11 Å². The van der Waals surface area contributed by atoms with Gasteiger partial charge in [-0.1, -0.05) is 25.0 Å². The zero-order chi connectivity index (χ0) is 14.7. The summed E-state index contributed by atoms with van der Waals surface area (Å²) in [5.74, 6) is 2.96. The highest BCUT2D eigenvalue weighted by atomic mass is 16.5. The van der Waals surface area contributed by atoms with Crippen LogP contribution < -0.4 is 10.1 Å². The molecular formula is C18H27NO2. The van der Waals surface area contributed by atoms with E-state index < -0.39 is 0 Å². The maximum Gasteiger partial charge on any atom is 0.118 e. The van der Waals surface area contributed by atoms with Crippen molar-refractivity contribution in [1.29, 1.82) is 0 Å². The number of fused-ring (bicyclic) bond motifs is 2. The Morgan fingerprint density at radius 1 is 1.19 bits per heavy atom. The molecule has 2 fully saturated rings. The highest BCUT2D eigenvalue weighted by Gasteiger charge is 2.39. The summed E-state index contributed by atoms with van der Waals surface area (Å²) < 4.78 is 5.20. The zero-order valence-electron chi connectivity index (χ0n) is 12.9. The van der Waals surface area contributed by atoms with Gasteiger partial charge in [-0.15, -0.1) is 0 Å². The van der Waals surface area contributed by atoms with Crippen molar-refractivity contribution in [3.63, 3.8) is 0 Å². The van der Waals surface area contributed by atoms with Crippen molar-refractivity contribution < 1.29 is 9.84 Å². The second kappa shape index (κ2) is 6.80. The summed E-state index contributed by atoms with van der Waals surface area (Å²) in [6.45, 7) is 1.21. The van der Waals surface area contributed by atoms with Gasteiger partial charge in [0.1, 0.15) is 5.75 Å². The maximum absolute atomic E-state index is 9.73. The standard InChI is InChI=1S/C18H27NO2/c1-21-17-7-5-13(6-8-17)11-19-18-15-4-2-3-14(9-15)10-16(18)12-20/h5-8,14-16,18-20H,2-4,9-12H2,1H3/t14?,15?,16?,18-/m1/s1. The number of ether oxygens (including phenoxy) is 1. The van der Waals surface area contributed by atoms with E-state index >= 15 is 0 Å². The molecule has 2 saturated carbocycles. The first-order chi connectivity index (χ1) is 10.3. The van der Waals surface area contributed by atoms with E-state index in [4.69, 9.17) is 4.74 Å². The van der Waals surface area contributed by atoms with Gasteiger partial charge in [0.15, 0.2) is 0 Å². The minimum atomic E-state index is 0.327. The summed E-state index contributed by atoms with van der Waals surface area (Å²) in [4.78, 5) is 0. The number of aliphatic hydroxyl groups excluding tert-OH is 1. The molecule has 2 aliphatic rings. The van der Waals surface area contributed by atoms with Crippen LogP contribution in [-0.2, 0) is 6.54 Å². The van der Waals surface area contributed by atoms with Gasteiger partial charge in [-0.25, -0.2) is 0 Å². The van der Waals surface area contributed by atoms with E-state index in [-0.39, 0.29) is 0 Å². The minimum Gasteiger partial charge on any atom is -0.497 e. The fraction of sp³-hybridized carbons (Fsp3) is 0.667. The van der Waals surface area contributed by atoms with Crippen molar-refractivity contribution in [3.05, 3.63) is 29.8 Å². The molecule has 1 aromatic carbocycles. The maximum atomic E-state index is 9.73. The lowest BCUT2D eigenvalue weighted by molar-refractivity contribution is 0.0520. The molecule has 3 unspecified atom stereocenters. The molecule has 3 rings (SSSR count). The number of hydrogen-bond acceptors (Lipinski definition) is 3. The highest BCUT2D eigenvalue weighted by molar-refractivity contribution is 5.27. The van der Waals surface area contributed by atoms with Crippen LogP contribution in [-0.4, -0.2) is 24.9 Å². The largest absolute Gasteiger partial charge is 0.497 e. The Morgan fingerprint density at radius 2 is 2.00 bits per heavy atom. The predicted molar refractivity (Wildman–Crippen MR) is 84.3 cm³/mol. The van der Waals surface area contributed by atoms with Gasteiger partial charge in [-0.3, -0.25) is 0 Å². The van der Waals surface area contributed by atoms with Crippen LogP contribution in [0.2, 0.25) is 0 Å². The second-order valence-corrected chi connectivity index (χ2v) is 6.73. The predicted octanol–water partition coefficient (Wildman–Crippen LogP) is 2.97. The van der Waals surface area contributed by atoms with Gasteiger partial charge in [0.2, 0.25) is 0 Å². The fourth-order valence-electron chi connectivity index (χ4n) is 4.33. The van der Waals surface area contributed by atoms with Crippen LogP contribution in [0.3, 0.4) is 0 Å². The summed E-state index contributed by atoms with van der Waals surface area (Å²) in [5.41, 5.74) is 1.28. The van der Waals surface area contributed by atoms with Crippen LogP contribution in [0.5, 0.6) is 5.75 Å². The molecule has 3 nitrogen and oxygen atoms in total. The molecule has 0 radical (unpaired) electrons. The first kappa shape index (κ1) is 14.9. The van der Waals surface area contributed by atoms with E-state index in [9.17, 15) is 5.11 Å². The number of methoxy groups -OCH3 is 1. The van der Waals surface area contributed by atoms with Crippen molar-refractivity contribution in [2.45, 2.75) is 44.7 Å². The topological polar surface area (TPSA) is 41.5 Å². The Kier molecular flexibility index (Phi) is 4.81. The van der Waals surface area contributed by atoms with Crippen LogP contribution >= 0.6 is 0 Å². The van der Waals surface area contributed by atoms with Gasteiger partial charge in [-0.05, 0) is 54.7 Å². The molecule has 2 aliphatic carbocycles. The number of aliphatic hydroxyl groups is 1. The molecule has 0 spiro atoms. The van der Waals surface area contributed by atoms with Gasteiger partial charge < -0.3 is 15.2 Å². The first-order valence-corrected chi connectivity index (χ1v) is 8.27. The zero-order valence-corrected chi connectivity index (χ0v) is 12.9. The van der Waals surface area contributed by atoms with Gasteiger partial charge in [-0.2, -0.15) is 0 Å². The van der Waals surface area contributed by atoms with Crippen LogP contribution in [0.4, 0.5) is 0 Å². The molecule has 116 valence electrons. The molecule has 2 bridgehead atoms. The molecule has 0 saturated heterocycles. The Morgan fingerprint density at radius 3 is 2.71 bits per heavy atom. The van der Waals surface area contributed by atoms with Gasteiger partial charge in [0, 0.05) is 19.2 Å². The molecule has 0 aromatic heterocycles. The Bertz CT molecular complexity index is 443. The third-order valence-electron chi connectivity index (χ3n) is 5.41. The van der Waals surface area contributed by atoms with Crippen molar-refractivity contribution >= 4 is 0 Å². The average Bonchev–Trinajstić information content (AvgIpc) is 2.54. The summed E-state index contributed by atoms with van der Waals surface area (Å²) in [6, 6.07) is 8.74. The number of hydrogen-bond donors (Lipinski definition) is 2. The summed E-state index contributed by atoms with van der Waals surface area (Å²) >= 11 is 0. The average molecular weight is 289 g/mol. The molecule has 0 heterocycles. The highest BCUT2D eigenvalue weighted by Crippen LogP contribution is 2.42. The summed E-state index contributed by atoms with van der Waals surface area (Å²) in [6.07, 6.45) is 6.63. The molecule has 2 N–H and O–H groups in total. The van der Waals surface area contributed by atoms with E-state index in [1.54, 1.807) is 7.11 Å². The number of benzene rings is 1. The van der Waals surface area contributed by atoms with Crippen molar-refractivity contribution in [1.82, 2.24) is 5.32 Å². The third-order valence-corrected chi connectivity index (χ3v) is 5.41. The number of nitrogens with one attached hydrogen (secondary N) is 1. The van der Waals surface area contributed by atoms with Crippen LogP contribution in [0.25, 0.3) is 0 Å². The van der Waals surface area contributed by atoms with E-state index in [1.807, 2.05) is 12.1 Å². The Labute approximate surface area is 127 Å². The van der Waals surface area contributed by atoms with E-state index in [0.717, 1.165) is 24.1 Å².